The zero-order valence-corrected chi connectivity index (χ0v) is 8.10. The molecule has 0 aliphatic rings. The molecule has 0 saturated carbocycles. The second-order valence-corrected chi connectivity index (χ2v) is 3.75. The Morgan fingerprint density at radius 1 is 1.18 bits per heavy atom. The minimum absolute atomic E-state index is 0.0937. The molecule has 0 N–H and O–H groups in total. The van der Waals surface area contributed by atoms with Gasteiger partial charge in [0.2, 0.25) is 0 Å². The number of rotatable bonds is 6. The molecule has 0 heterocycles. The first-order valence-electron chi connectivity index (χ1n) is 4.78. The van der Waals surface area contributed by atoms with Crippen molar-refractivity contribution in [3.8, 4) is 0 Å². The van der Waals surface area contributed by atoms with E-state index in [2.05, 4.69) is 20.8 Å². The van der Waals surface area contributed by atoms with E-state index in [1.807, 2.05) is 0 Å². The molecule has 1 heteroatoms. The summed E-state index contributed by atoms with van der Waals surface area (Å²) < 4.78 is 0. The molecule has 2 unspecified atom stereocenters. The van der Waals surface area contributed by atoms with Crippen LogP contribution in [0.3, 0.4) is 0 Å². The minimum Gasteiger partial charge on any atom is -0.236 e. The first-order chi connectivity index (χ1) is 5.20. The maximum Gasteiger partial charge on any atom is 0.0847 e. The van der Waals surface area contributed by atoms with Crippen LogP contribution >= 0.6 is 0 Å². The fourth-order valence-electron chi connectivity index (χ4n) is 1.43. The average Bonchev–Trinajstić information content (AvgIpc) is 2.00. The molecule has 67 valence electrons. The Balaban J connectivity index is 3.27. The Hall–Kier alpha value is -0.0400. The zero-order valence-electron chi connectivity index (χ0n) is 8.10. The molecule has 1 nitrogen and oxygen atoms in total. The van der Waals surface area contributed by atoms with Crippen LogP contribution in [0.1, 0.15) is 46.5 Å². The Labute approximate surface area is 70.8 Å². The van der Waals surface area contributed by atoms with E-state index in [0.717, 1.165) is 12.3 Å². The maximum absolute atomic E-state index is 10.4. The minimum atomic E-state index is 0.0937. The Morgan fingerprint density at radius 3 is 2.27 bits per heavy atom. The van der Waals surface area contributed by atoms with E-state index in [1.165, 1.54) is 19.3 Å². The van der Waals surface area contributed by atoms with E-state index in [-0.39, 0.29) is 6.61 Å². The highest BCUT2D eigenvalue weighted by Gasteiger charge is 2.07. The summed E-state index contributed by atoms with van der Waals surface area (Å²) in [6.45, 7) is 6.61. The topological polar surface area (TPSA) is 19.9 Å². The molecule has 0 aromatic heterocycles. The lowest BCUT2D eigenvalue weighted by Gasteiger charge is -2.13. The third kappa shape index (κ3) is 6.36. The molecule has 11 heavy (non-hydrogen) atoms. The first-order valence-corrected chi connectivity index (χ1v) is 4.78. The van der Waals surface area contributed by atoms with Crippen LogP contribution in [0.2, 0.25) is 0 Å². The molecular formula is C10H21O. The summed E-state index contributed by atoms with van der Waals surface area (Å²) in [6.07, 6.45) is 4.99. The Kier molecular flexibility index (Phi) is 6.63. The van der Waals surface area contributed by atoms with Crippen molar-refractivity contribution in [1.29, 1.82) is 0 Å². The first kappa shape index (κ1) is 11.0. The lowest BCUT2D eigenvalue weighted by atomic mass is 9.94. The van der Waals surface area contributed by atoms with E-state index in [4.69, 9.17) is 0 Å². The van der Waals surface area contributed by atoms with Crippen molar-refractivity contribution < 1.29 is 5.11 Å². The van der Waals surface area contributed by atoms with Gasteiger partial charge in [0.15, 0.2) is 0 Å². The zero-order chi connectivity index (χ0) is 8.69. The largest absolute Gasteiger partial charge is 0.236 e. The van der Waals surface area contributed by atoms with Crippen molar-refractivity contribution >= 4 is 0 Å². The summed E-state index contributed by atoms with van der Waals surface area (Å²) in [7, 11) is 0. The second kappa shape index (κ2) is 6.66. The molecule has 0 rings (SSSR count). The molecule has 0 saturated heterocycles. The van der Waals surface area contributed by atoms with Crippen LogP contribution in [0, 0.1) is 11.8 Å². The summed E-state index contributed by atoms with van der Waals surface area (Å²) in [5.74, 6) is 1.13. The van der Waals surface area contributed by atoms with Crippen LogP contribution in [0.5, 0.6) is 0 Å². The summed E-state index contributed by atoms with van der Waals surface area (Å²) in [4.78, 5) is 0. The lowest BCUT2D eigenvalue weighted by Crippen LogP contribution is -2.06. The van der Waals surface area contributed by atoms with E-state index >= 15 is 0 Å². The number of unbranched alkanes of at least 4 members (excludes halogenated alkanes) is 1. The van der Waals surface area contributed by atoms with Crippen LogP contribution in [0.25, 0.3) is 0 Å². The number of hydrogen-bond acceptors (Lipinski definition) is 0. The quantitative estimate of drug-likeness (QED) is 0.564. The van der Waals surface area contributed by atoms with Gasteiger partial charge in [0.1, 0.15) is 0 Å². The van der Waals surface area contributed by atoms with Gasteiger partial charge in [-0.2, -0.15) is 0 Å². The molecule has 0 aromatic rings. The molecule has 2 atom stereocenters. The number of hydrogen-bond donors (Lipinski definition) is 0. The van der Waals surface area contributed by atoms with Gasteiger partial charge < -0.3 is 0 Å². The third-order valence-corrected chi connectivity index (χ3v) is 2.14. The van der Waals surface area contributed by atoms with Crippen molar-refractivity contribution in [1.82, 2.24) is 0 Å². The van der Waals surface area contributed by atoms with Crippen LogP contribution in [-0.2, 0) is 5.11 Å². The predicted octanol–water partition coefficient (Wildman–Crippen LogP) is 3.27. The summed E-state index contributed by atoms with van der Waals surface area (Å²) in [5, 5.41) is 10.4. The van der Waals surface area contributed by atoms with Crippen molar-refractivity contribution in [2.24, 2.45) is 11.8 Å². The van der Waals surface area contributed by atoms with Crippen LogP contribution in [-0.4, -0.2) is 6.61 Å². The molecule has 0 amide bonds. The van der Waals surface area contributed by atoms with Crippen molar-refractivity contribution in [3.05, 3.63) is 0 Å². The van der Waals surface area contributed by atoms with Gasteiger partial charge in [0.05, 0.1) is 6.61 Å². The van der Waals surface area contributed by atoms with Gasteiger partial charge in [-0.1, -0.05) is 40.0 Å². The van der Waals surface area contributed by atoms with Crippen LogP contribution in [0.15, 0.2) is 0 Å². The standard InChI is InChI=1S/C10H21O/c1-4-5-6-9(2)7-10(3)8-11/h9-10H,4-8H2,1-3H3. The molecule has 0 bridgehead atoms. The Bertz CT molecular complexity index is 80.9. The highest BCUT2D eigenvalue weighted by molar-refractivity contribution is 4.58. The summed E-state index contributed by atoms with van der Waals surface area (Å²) in [5.41, 5.74) is 0. The third-order valence-electron chi connectivity index (χ3n) is 2.14. The summed E-state index contributed by atoms with van der Waals surface area (Å²) >= 11 is 0. The highest BCUT2D eigenvalue weighted by Crippen LogP contribution is 2.16. The van der Waals surface area contributed by atoms with E-state index < -0.39 is 0 Å². The molecular weight excluding hydrogens is 136 g/mol. The Morgan fingerprint density at radius 2 is 1.82 bits per heavy atom. The molecule has 0 spiro atoms. The van der Waals surface area contributed by atoms with Gasteiger partial charge in [0.25, 0.3) is 0 Å². The SMILES string of the molecule is CCCCC(C)CC(C)C[O]. The van der Waals surface area contributed by atoms with Gasteiger partial charge in [-0.15, -0.1) is 0 Å². The van der Waals surface area contributed by atoms with E-state index in [1.54, 1.807) is 0 Å². The molecule has 0 aliphatic carbocycles. The van der Waals surface area contributed by atoms with Crippen molar-refractivity contribution in [2.45, 2.75) is 46.5 Å². The summed E-state index contributed by atoms with van der Waals surface area (Å²) in [6, 6.07) is 0. The van der Waals surface area contributed by atoms with Crippen molar-refractivity contribution in [3.63, 3.8) is 0 Å². The van der Waals surface area contributed by atoms with Crippen LogP contribution in [0.4, 0.5) is 0 Å². The smallest absolute Gasteiger partial charge is 0.0847 e. The second-order valence-electron chi connectivity index (χ2n) is 3.75. The average molecular weight is 157 g/mol. The normalized spacial score (nSPS) is 16.4. The maximum atomic E-state index is 10.4. The molecule has 0 fully saturated rings. The van der Waals surface area contributed by atoms with E-state index in [0.29, 0.717) is 5.92 Å². The monoisotopic (exact) mass is 157 g/mol. The fraction of sp³-hybridized carbons (Fsp3) is 1.00. The molecule has 0 aliphatic heterocycles. The van der Waals surface area contributed by atoms with Gasteiger partial charge >= 0.3 is 0 Å². The predicted molar refractivity (Wildman–Crippen MR) is 48.0 cm³/mol. The molecule has 0 aromatic carbocycles. The lowest BCUT2D eigenvalue weighted by molar-refractivity contribution is 0.137. The van der Waals surface area contributed by atoms with Gasteiger partial charge in [0, 0.05) is 0 Å². The highest BCUT2D eigenvalue weighted by atomic mass is 16.3. The van der Waals surface area contributed by atoms with Crippen LogP contribution < -0.4 is 0 Å². The molecule has 1 radical (unpaired) electrons. The van der Waals surface area contributed by atoms with E-state index in [9.17, 15) is 5.11 Å². The van der Waals surface area contributed by atoms with Crippen molar-refractivity contribution in [2.75, 3.05) is 6.61 Å². The van der Waals surface area contributed by atoms with Gasteiger partial charge in [-0.3, -0.25) is 0 Å². The van der Waals surface area contributed by atoms with Gasteiger partial charge in [-0.25, -0.2) is 5.11 Å². The fourth-order valence-corrected chi connectivity index (χ4v) is 1.43. The van der Waals surface area contributed by atoms with Gasteiger partial charge in [-0.05, 0) is 18.3 Å².